The Balaban J connectivity index is 1.91. The molecule has 1 aromatic heterocycles. The minimum atomic E-state index is 0.538. The van der Waals surface area contributed by atoms with E-state index >= 15 is 0 Å². The molecule has 4 heteroatoms. The number of rotatable bonds is 3. The Hall–Kier alpha value is -1.29. The molecule has 1 aliphatic rings. The van der Waals surface area contributed by atoms with Gasteiger partial charge in [-0.3, -0.25) is 0 Å². The van der Waals surface area contributed by atoms with Crippen LogP contribution in [-0.2, 0) is 0 Å². The molecule has 0 aliphatic carbocycles. The molecule has 0 spiro atoms. The average molecular weight is 221 g/mol. The van der Waals surface area contributed by atoms with Crippen molar-refractivity contribution in [1.29, 1.82) is 0 Å². The van der Waals surface area contributed by atoms with Gasteiger partial charge >= 0.3 is 0 Å². The zero-order valence-corrected chi connectivity index (χ0v) is 9.70. The van der Waals surface area contributed by atoms with E-state index in [1.807, 2.05) is 12.1 Å². The summed E-state index contributed by atoms with van der Waals surface area (Å²) in [6.45, 7) is 2.22. The van der Waals surface area contributed by atoms with Crippen LogP contribution in [0.2, 0.25) is 0 Å². The fourth-order valence-corrected chi connectivity index (χ4v) is 1.96. The maximum absolute atomic E-state index is 5.08. The highest BCUT2D eigenvalue weighted by Crippen LogP contribution is 2.15. The van der Waals surface area contributed by atoms with Crippen LogP contribution in [-0.4, -0.2) is 31.2 Å². The topological polar surface area (TPSA) is 46.2 Å². The molecule has 2 N–H and O–H groups in total. The van der Waals surface area contributed by atoms with Gasteiger partial charge in [0.25, 0.3) is 0 Å². The number of ether oxygens (including phenoxy) is 1. The number of anilines is 1. The summed E-state index contributed by atoms with van der Waals surface area (Å²) in [4.78, 5) is 4.32. The number of hydrogen-bond donors (Lipinski definition) is 2. The molecule has 0 saturated carbocycles. The van der Waals surface area contributed by atoms with Gasteiger partial charge in [-0.15, -0.1) is 0 Å². The first-order valence-electron chi connectivity index (χ1n) is 5.86. The van der Waals surface area contributed by atoms with Crippen LogP contribution in [0, 0.1) is 0 Å². The van der Waals surface area contributed by atoms with Crippen LogP contribution in [0.4, 0.5) is 5.82 Å². The lowest BCUT2D eigenvalue weighted by atomic mass is 10.1. The third-order valence-corrected chi connectivity index (χ3v) is 2.90. The fourth-order valence-electron chi connectivity index (χ4n) is 1.96. The number of nitrogens with zero attached hydrogens (tertiary/aromatic N) is 1. The zero-order valence-electron chi connectivity index (χ0n) is 9.70. The number of methoxy groups -OCH3 is 1. The van der Waals surface area contributed by atoms with Crippen LogP contribution in [0.3, 0.4) is 0 Å². The Kier molecular flexibility index (Phi) is 3.99. The number of hydrogen-bond acceptors (Lipinski definition) is 4. The second kappa shape index (κ2) is 5.70. The largest absolute Gasteiger partial charge is 0.495 e. The van der Waals surface area contributed by atoms with Crippen molar-refractivity contribution >= 4 is 5.82 Å². The Morgan fingerprint density at radius 1 is 1.38 bits per heavy atom. The van der Waals surface area contributed by atoms with Crippen molar-refractivity contribution in [1.82, 2.24) is 10.3 Å². The molecule has 1 aromatic rings. The Labute approximate surface area is 96.4 Å². The maximum atomic E-state index is 5.08. The highest BCUT2D eigenvalue weighted by atomic mass is 16.5. The van der Waals surface area contributed by atoms with Crippen molar-refractivity contribution in [2.45, 2.75) is 25.3 Å². The number of aromatic nitrogens is 1. The summed E-state index contributed by atoms with van der Waals surface area (Å²) < 4.78 is 5.08. The standard InChI is InChI=1S/C12H19N3O/c1-16-11-4-5-12(14-9-11)15-10-3-2-7-13-8-6-10/h4-5,9-10,13H,2-3,6-8H2,1H3,(H,14,15). The molecule has 0 amide bonds. The summed E-state index contributed by atoms with van der Waals surface area (Å²) in [5.41, 5.74) is 0. The average Bonchev–Trinajstić information content (AvgIpc) is 2.59. The summed E-state index contributed by atoms with van der Waals surface area (Å²) in [5, 5.41) is 6.87. The monoisotopic (exact) mass is 221 g/mol. The van der Waals surface area contributed by atoms with Gasteiger partial charge in [-0.05, 0) is 44.5 Å². The van der Waals surface area contributed by atoms with Crippen LogP contribution in [0.25, 0.3) is 0 Å². The van der Waals surface area contributed by atoms with Gasteiger partial charge in [0.05, 0.1) is 13.3 Å². The lowest BCUT2D eigenvalue weighted by Gasteiger charge is -2.16. The van der Waals surface area contributed by atoms with Crippen LogP contribution in [0.15, 0.2) is 18.3 Å². The predicted molar refractivity (Wildman–Crippen MR) is 64.9 cm³/mol. The first-order valence-corrected chi connectivity index (χ1v) is 5.86. The van der Waals surface area contributed by atoms with Crippen molar-refractivity contribution in [3.63, 3.8) is 0 Å². The second-order valence-electron chi connectivity index (χ2n) is 4.11. The van der Waals surface area contributed by atoms with Gasteiger partial charge in [-0.25, -0.2) is 4.98 Å². The molecule has 16 heavy (non-hydrogen) atoms. The van der Waals surface area contributed by atoms with E-state index in [1.165, 1.54) is 12.8 Å². The minimum Gasteiger partial charge on any atom is -0.495 e. The van der Waals surface area contributed by atoms with E-state index in [2.05, 4.69) is 15.6 Å². The van der Waals surface area contributed by atoms with Gasteiger partial charge in [0, 0.05) is 6.04 Å². The normalized spacial score (nSPS) is 21.2. The van der Waals surface area contributed by atoms with Crippen LogP contribution >= 0.6 is 0 Å². The van der Waals surface area contributed by atoms with E-state index in [4.69, 9.17) is 4.74 Å². The van der Waals surface area contributed by atoms with E-state index in [9.17, 15) is 0 Å². The Bertz CT molecular complexity index is 305. The lowest BCUT2D eigenvalue weighted by Crippen LogP contribution is -2.21. The highest BCUT2D eigenvalue weighted by molar-refractivity contribution is 5.38. The molecule has 1 atom stereocenters. The van der Waals surface area contributed by atoms with E-state index in [1.54, 1.807) is 13.3 Å². The van der Waals surface area contributed by atoms with Crippen molar-refractivity contribution in [2.24, 2.45) is 0 Å². The molecule has 0 bridgehead atoms. The van der Waals surface area contributed by atoms with Crippen molar-refractivity contribution in [2.75, 3.05) is 25.5 Å². The van der Waals surface area contributed by atoms with Gasteiger partial charge in [0.15, 0.2) is 0 Å². The first-order chi connectivity index (χ1) is 7.88. The molecule has 1 unspecified atom stereocenters. The summed E-state index contributed by atoms with van der Waals surface area (Å²) in [6, 6.07) is 4.44. The SMILES string of the molecule is COc1ccc(NC2CCCNCC2)nc1. The van der Waals surface area contributed by atoms with Crippen LogP contribution in [0.1, 0.15) is 19.3 Å². The molecular weight excluding hydrogens is 202 g/mol. The summed E-state index contributed by atoms with van der Waals surface area (Å²) in [6.07, 6.45) is 5.35. The minimum absolute atomic E-state index is 0.538. The van der Waals surface area contributed by atoms with Gasteiger partial charge in [-0.1, -0.05) is 0 Å². The first kappa shape index (κ1) is 11.2. The van der Waals surface area contributed by atoms with E-state index in [-0.39, 0.29) is 0 Å². The second-order valence-corrected chi connectivity index (χ2v) is 4.11. The molecule has 1 aliphatic heterocycles. The summed E-state index contributed by atoms with van der Waals surface area (Å²) in [5.74, 6) is 1.74. The fraction of sp³-hybridized carbons (Fsp3) is 0.583. The van der Waals surface area contributed by atoms with E-state index in [0.29, 0.717) is 6.04 Å². The molecule has 0 aromatic carbocycles. The van der Waals surface area contributed by atoms with Crippen LogP contribution < -0.4 is 15.4 Å². The molecule has 2 heterocycles. The number of pyridine rings is 1. The summed E-state index contributed by atoms with van der Waals surface area (Å²) >= 11 is 0. The van der Waals surface area contributed by atoms with Gasteiger partial charge in [-0.2, -0.15) is 0 Å². The van der Waals surface area contributed by atoms with E-state index < -0.39 is 0 Å². The van der Waals surface area contributed by atoms with Crippen molar-refractivity contribution in [3.05, 3.63) is 18.3 Å². The van der Waals surface area contributed by atoms with Gasteiger partial charge in [0.2, 0.25) is 0 Å². The van der Waals surface area contributed by atoms with Gasteiger partial charge in [0.1, 0.15) is 11.6 Å². The quantitative estimate of drug-likeness (QED) is 0.814. The molecule has 1 fully saturated rings. The van der Waals surface area contributed by atoms with Gasteiger partial charge < -0.3 is 15.4 Å². The number of nitrogens with one attached hydrogen (secondary N) is 2. The van der Waals surface area contributed by atoms with Crippen LogP contribution in [0.5, 0.6) is 5.75 Å². The molecular formula is C12H19N3O. The third-order valence-electron chi connectivity index (χ3n) is 2.90. The predicted octanol–water partition coefficient (Wildman–Crippen LogP) is 1.64. The molecule has 4 nitrogen and oxygen atoms in total. The lowest BCUT2D eigenvalue weighted by molar-refractivity contribution is 0.413. The highest BCUT2D eigenvalue weighted by Gasteiger charge is 2.11. The Morgan fingerprint density at radius 2 is 2.31 bits per heavy atom. The van der Waals surface area contributed by atoms with E-state index in [0.717, 1.165) is 31.1 Å². The summed E-state index contributed by atoms with van der Waals surface area (Å²) in [7, 11) is 1.65. The molecule has 0 radical (unpaired) electrons. The van der Waals surface area contributed by atoms with Crippen molar-refractivity contribution < 1.29 is 4.74 Å². The molecule has 1 saturated heterocycles. The maximum Gasteiger partial charge on any atom is 0.137 e. The Morgan fingerprint density at radius 3 is 3.06 bits per heavy atom. The molecule has 88 valence electrons. The van der Waals surface area contributed by atoms with Crippen molar-refractivity contribution in [3.8, 4) is 5.75 Å². The molecule has 2 rings (SSSR count). The zero-order chi connectivity index (χ0) is 11.2. The third kappa shape index (κ3) is 3.10. The smallest absolute Gasteiger partial charge is 0.137 e.